The molecule has 1 saturated heterocycles. The van der Waals surface area contributed by atoms with Crippen LogP contribution in [0.2, 0.25) is 0 Å². The number of aromatic amines is 1. The predicted molar refractivity (Wildman–Crippen MR) is 116 cm³/mol. The molecule has 0 aliphatic carbocycles. The van der Waals surface area contributed by atoms with Crippen LogP contribution in [0.15, 0.2) is 35.2 Å². The number of benzene rings is 1. The summed E-state index contributed by atoms with van der Waals surface area (Å²) in [6, 6.07) is 9.56. The average Bonchev–Trinajstić information content (AvgIpc) is 3.07. The Morgan fingerprint density at radius 3 is 2.58 bits per heavy atom. The first-order chi connectivity index (χ1) is 14.8. The summed E-state index contributed by atoms with van der Waals surface area (Å²) in [5, 5.41) is 2.90. The van der Waals surface area contributed by atoms with Gasteiger partial charge in [0, 0.05) is 31.0 Å². The molecule has 0 saturated carbocycles. The lowest BCUT2D eigenvalue weighted by molar-refractivity contribution is -0.126. The number of H-pyrrole nitrogens is 1. The number of aromatic nitrogens is 1. The van der Waals surface area contributed by atoms with Gasteiger partial charge in [0.1, 0.15) is 10.5 Å². The molecule has 1 aliphatic rings. The topological polar surface area (TPSA) is 109 Å². The summed E-state index contributed by atoms with van der Waals surface area (Å²) in [6.07, 6.45) is 1.18. The van der Waals surface area contributed by atoms with Gasteiger partial charge in [0.05, 0.1) is 12.5 Å². The normalized spacial score (nSPS) is 17.3. The van der Waals surface area contributed by atoms with Crippen LogP contribution in [-0.4, -0.2) is 49.3 Å². The van der Waals surface area contributed by atoms with E-state index in [2.05, 4.69) is 10.3 Å². The highest BCUT2D eigenvalue weighted by atomic mass is 32.2. The fourth-order valence-corrected chi connectivity index (χ4v) is 5.90. The van der Waals surface area contributed by atoms with E-state index in [1.54, 1.807) is 20.8 Å². The lowest BCUT2D eigenvalue weighted by atomic mass is 9.99. The number of carbonyl (C=O) groups excluding carboxylic acids is 2. The maximum atomic E-state index is 13.5. The van der Waals surface area contributed by atoms with Crippen LogP contribution in [-0.2, 0) is 26.1 Å². The monoisotopic (exact) mass is 447 g/mol. The van der Waals surface area contributed by atoms with Crippen LogP contribution in [0, 0.1) is 19.8 Å². The molecule has 2 aromatic rings. The number of aryl methyl sites for hydroxylation is 2. The van der Waals surface area contributed by atoms with Crippen LogP contribution in [0.1, 0.15) is 47.1 Å². The van der Waals surface area contributed by atoms with Gasteiger partial charge in [0.15, 0.2) is 0 Å². The smallest absolute Gasteiger partial charge is 0.341 e. The van der Waals surface area contributed by atoms with Crippen molar-refractivity contribution in [1.82, 2.24) is 14.6 Å². The number of amides is 1. The highest BCUT2D eigenvalue weighted by Gasteiger charge is 2.38. The lowest BCUT2D eigenvalue weighted by Gasteiger charge is -2.31. The molecule has 2 heterocycles. The first-order valence-corrected chi connectivity index (χ1v) is 11.9. The van der Waals surface area contributed by atoms with Crippen molar-refractivity contribution in [1.29, 1.82) is 0 Å². The predicted octanol–water partition coefficient (Wildman–Crippen LogP) is 2.53. The lowest BCUT2D eigenvalue weighted by Crippen LogP contribution is -2.45. The van der Waals surface area contributed by atoms with Crippen molar-refractivity contribution in [2.75, 3.05) is 19.7 Å². The molecular formula is C22H29N3O5S. The van der Waals surface area contributed by atoms with Crippen molar-refractivity contribution in [2.24, 2.45) is 5.92 Å². The van der Waals surface area contributed by atoms with E-state index in [1.165, 1.54) is 4.31 Å². The second-order valence-corrected chi connectivity index (χ2v) is 9.58. The Bertz CT molecular complexity index is 1050. The summed E-state index contributed by atoms with van der Waals surface area (Å²) in [6.45, 7) is 5.86. The Hall–Kier alpha value is -2.65. The van der Waals surface area contributed by atoms with Crippen molar-refractivity contribution >= 4 is 21.9 Å². The van der Waals surface area contributed by atoms with Crippen LogP contribution >= 0.6 is 0 Å². The van der Waals surface area contributed by atoms with E-state index in [0.717, 1.165) is 5.56 Å². The van der Waals surface area contributed by atoms with Gasteiger partial charge in [-0.05, 0) is 39.2 Å². The molecule has 0 bridgehead atoms. The number of piperidine rings is 1. The zero-order chi connectivity index (χ0) is 22.6. The van der Waals surface area contributed by atoms with Crippen LogP contribution < -0.4 is 5.32 Å². The summed E-state index contributed by atoms with van der Waals surface area (Å²) >= 11 is 0. The van der Waals surface area contributed by atoms with E-state index in [0.29, 0.717) is 37.3 Å². The summed E-state index contributed by atoms with van der Waals surface area (Å²) in [5.74, 6) is -1.29. The Balaban J connectivity index is 1.78. The number of hydrogen-bond acceptors (Lipinski definition) is 5. The van der Waals surface area contributed by atoms with E-state index in [4.69, 9.17) is 4.74 Å². The van der Waals surface area contributed by atoms with Crippen LogP contribution in [0.5, 0.6) is 0 Å². The maximum absolute atomic E-state index is 13.5. The van der Waals surface area contributed by atoms with Crippen LogP contribution in [0.4, 0.5) is 0 Å². The van der Waals surface area contributed by atoms with E-state index in [9.17, 15) is 18.0 Å². The second-order valence-electron chi connectivity index (χ2n) is 7.71. The minimum atomic E-state index is -3.98. The fraction of sp³-hybridized carbons (Fsp3) is 0.455. The molecule has 9 heteroatoms. The third-order valence-electron chi connectivity index (χ3n) is 5.46. The highest BCUT2D eigenvalue weighted by molar-refractivity contribution is 7.89. The van der Waals surface area contributed by atoms with Crippen LogP contribution in [0.3, 0.4) is 0 Å². The number of hydrogen-bond donors (Lipinski definition) is 2. The van der Waals surface area contributed by atoms with Gasteiger partial charge in [-0.3, -0.25) is 4.79 Å². The molecule has 1 aromatic heterocycles. The van der Waals surface area contributed by atoms with E-state index in [-0.39, 0.29) is 29.5 Å². The van der Waals surface area contributed by atoms with Crippen molar-refractivity contribution in [3.05, 3.63) is 52.8 Å². The van der Waals surface area contributed by atoms with E-state index >= 15 is 0 Å². The van der Waals surface area contributed by atoms with Gasteiger partial charge in [0.25, 0.3) is 0 Å². The first-order valence-electron chi connectivity index (χ1n) is 10.4. The number of sulfonamides is 1. The molecule has 168 valence electrons. The molecule has 1 unspecified atom stereocenters. The minimum Gasteiger partial charge on any atom is -0.462 e. The summed E-state index contributed by atoms with van der Waals surface area (Å²) in [5.41, 5.74) is 1.85. The zero-order valence-electron chi connectivity index (χ0n) is 18.1. The summed E-state index contributed by atoms with van der Waals surface area (Å²) in [7, 11) is -3.98. The minimum absolute atomic E-state index is 0.0370. The first kappa shape index (κ1) is 23.0. The van der Waals surface area contributed by atoms with E-state index < -0.39 is 21.9 Å². The summed E-state index contributed by atoms with van der Waals surface area (Å²) in [4.78, 5) is 28.0. The quantitative estimate of drug-likeness (QED) is 0.634. The molecule has 31 heavy (non-hydrogen) atoms. The average molecular weight is 448 g/mol. The molecule has 2 N–H and O–H groups in total. The molecule has 0 spiro atoms. The number of esters is 1. The number of rotatable bonds is 7. The second kappa shape index (κ2) is 9.65. The molecule has 0 radical (unpaired) electrons. The van der Waals surface area contributed by atoms with E-state index in [1.807, 2.05) is 30.3 Å². The Labute approximate surface area is 183 Å². The molecule has 1 atom stereocenters. The number of ether oxygens (including phenoxy) is 1. The van der Waals surface area contributed by atoms with Gasteiger partial charge in [0.2, 0.25) is 15.9 Å². The van der Waals surface area contributed by atoms with Crippen molar-refractivity contribution < 1.29 is 22.7 Å². The SMILES string of the molecule is CCOC(=O)c1c(C)[nH]c(C)c1S(=O)(=O)N1CCCC(C(=O)NCc2ccccc2)C1. The standard InChI is InChI=1S/C22H29N3O5S/c1-4-30-22(27)19-15(2)24-16(3)20(19)31(28,29)25-12-8-11-18(14-25)21(26)23-13-17-9-6-5-7-10-17/h5-7,9-10,18,24H,4,8,11-14H2,1-3H3,(H,23,26). The Morgan fingerprint density at radius 2 is 1.90 bits per heavy atom. The van der Waals surface area contributed by atoms with Crippen LogP contribution in [0.25, 0.3) is 0 Å². The molecular weight excluding hydrogens is 418 g/mol. The molecule has 1 aromatic carbocycles. The zero-order valence-corrected chi connectivity index (χ0v) is 18.9. The number of nitrogens with one attached hydrogen (secondary N) is 2. The molecule has 8 nitrogen and oxygen atoms in total. The Kier molecular flexibility index (Phi) is 7.17. The maximum Gasteiger partial charge on any atom is 0.341 e. The Morgan fingerprint density at radius 1 is 1.19 bits per heavy atom. The van der Waals surface area contributed by atoms with Crippen molar-refractivity contribution in [3.63, 3.8) is 0 Å². The largest absolute Gasteiger partial charge is 0.462 e. The van der Waals surface area contributed by atoms with Crippen molar-refractivity contribution in [2.45, 2.75) is 45.1 Å². The highest BCUT2D eigenvalue weighted by Crippen LogP contribution is 2.30. The van der Waals surface area contributed by atoms with Gasteiger partial charge >= 0.3 is 5.97 Å². The van der Waals surface area contributed by atoms with Crippen molar-refractivity contribution in [3.8, 4) is 0 Å². The molecule has 1 fully saturated rings. The number of nitrogens with zero attached hydrogens (tertiary/aromatic N) is 1. The molecule has 1 amide bonds. The molecule has 3 rings (SSSR count). The third-order valence-corrected chi connectivity index (χ3v) is 7.50. The van der Waals surface area contributed by atoms with Gasteiger partial charge in [-0.25, -0.2) is 13.2 Å². The van der Waals surface area contributed by atoms with Gasteiger partial charge in [-0.15, -0.1) is 0 Å². The fourth-order valence-electron chi connectivity index (χ4n) is 3.96. The van der Waals surface area contributed by atoms with Gasteiger partial charge < -0.3 is 15.0 Å². The van der Waals surface area contributed by atoms with Gasteiger partial charge in [-0.2, -0.15) is 4.31 Å². The molecule has 1 aliphatic heterocycles. The van der Waals surface area contributed by atoms with Gasteiger partial charge in [-0.1, -0.05) is 30.3 Å². The summed E-state index contributed by atoms with van der Waals surface area (Å²) < 4.78 is 33.3. The third kappa shape index (κ3) is 4.99. The number of carbonyl (C=O) groups is 2.